The maximum Gasteiger partial charge on any atom is 0.335 e. The summed E-state index contributed by atoms with van der Waals surface area (Å²) in [6, 6.07) is 4.18. The van der Waals surface area contributed by atoms with Crippen molar-refractivity contribution in [3.05, 3.63) is 29.3 Å². The lowest BCUT2D eigenvalue weighted by Crippen LogP contribution is -2.32. The molecule has 0 bridgehead atoms. The third kappa shape index (κ3) is 2.74. The van der Waals surface area contributed by atoms with Gasteiger partial charge >= 0.3 is 11.9 Å². The van der Waals surface area contributed by atoms with Gasteiger partial charge in [0.15, 0.2) is 0 Å². The predicted octanol–water partition coefficient (Wildman–Crippen LogP) is 1.31. The summed E-state index contributed by atoms with van der Waals surface area (Å²) in [5, 5.41) is 12.5. The number of phenolic OH excluding ortho intramolecular Hbond substituents is 1. The van der Waals surface area contributed by atoms with Crippen LogP contribution in [0.3, 0.4) is 0 Å². The molecule has 1 aromatic carbocycles. The van der Waals surface area contributed by atoms with Crippen molar-refractivity contribution in [3.63, 3.8) is 0 Å². The Morgan fingerprint density at radius 3 is 2.70 bits per heavy atom. The molecule has 1 heterocycles. The summed E-state index contributed by atoms with van der Waals surface area (Å²) >= 11 is 0. The molecule has 106 valence electrons. The fraction of sp³-hybridized carbons (Fsp3) is 0.286. The van der Waals surface area contributed by atoms with Crippen molar-refractivity contribution >= 4 is 23.7 Å². The van der Waals surface area contributed by atoms with E-state index in [9.17, 15) is 14.7 Å². The van der Waals surface area contributed by atoms with Gasteiger partial charge < -0.3 is 19.9 Å². The van der Waals surface area contributed by atoms with Gasteiger partial charge in [-0.2, -0.15) is 0 Å². The van der Waals surface area contributed by atoms with Crippen LogP contribution in [0, 0.1) is 0 Å². The van der Waals surface area contributed by atoms with E-state index < -0.39 is 18.0 Å². The van der Waals surface area contributed by atoms with Crippen LogP contribution in [0.4, 0.5) is 5.69 Å². The quantitative estimate of drug-likeness (QED) is 0.810. The molecule has 0 amide bonds. The predicted molar refractivity (Wildman–Crippen MR) is 72.1 cm³/mol. The lowest BCUT2D eigenvalue weighted by atomic mass is 9.95. The summed E-state index contributed by atoms with van der Waals surface area (Å²) < 4.78 is 9.34. The number of benzene rings is 1. The molecule has 0 aromatic heterocycles. The minimum Gasteiger partial charge on any atom is -0.508 e. The third-order valence-electron chi connectivity index (χ3n) is 3.07. The summed E-state index contributed by atoms with van der Waals surface area (Å²) in [6.45, 7) is 0. The average Bonchev–Trinajstić information content (AvgIpc) is 2.45. The number of rotatable bonds is 3. The molecule has 1 aromatic rings. The van der Waals surface area contributed by atoms with Crippen LogP contribution in [0.1, 0.15) is 12.0 Å². The lowest BCUT2D eigenvalue weighted by Gasteiger charge is -2.26. The van der Waals surface area contributed by atoms with E-state index >= 15 is 0 Å². The number of methoxy groups -OCH3 is 2. The van der Waals surface area contributed by atoms with Crippen molar-refractivity contribution in [1.29, 1.82) is 0 Å². The zero-order valence-electron chi connectivity index (χ0n) is 11.2. The molecule has 6 heteroatoms. The van der Waals surface area contributed by atoms with Gasteiger partial charge in [-0.25, -0.2) is 4.79 Å². The largest absolute Gasteiger partial charge is 0.508 e. The Hall–Kier alpha value is -2.50. The molecule has 1 unspecified atom stereocenters. The number of carbonyl (C=O) groups excluding carboxylic acids is 2. The molecule has 0 radical (unpaired) electrons. The first-order valence-electron chi connectivity index (χ1n) is 6.01. The monoisotopic (exact) mass is 277 g/mol. The van der Waals surface area contributed by atoms with Crippen LogP contribution >= 0.6 is 0 Å². The van der Waals surface area contributed by atoms with Crippen molar-refractivity contribution in [2.24, 2.45) is 0 Å². The van der Waals surface area contributed by atoms with Gasteiger partial charge in [-0.3, -0.25) is 4.79 Å². The normalized spacial score (nSPS) is 16.5. The Labute approximate surface area is 116 Å². The number of phenols is 1. The molecule has 0 saturated carbocycles. The summed E-state index contributed by atoms with van der Waals surface area (Å²) in [5.74, 6) is -0.853. The van der Waals surface area contributed by atoms with Crippen molar-refractivity contribution in [2.45, 2.75) is 12.5 Å². The van der Waals surface area contributed by atoms with Crippen molar-refractivity contribution in [1.82, 2.24) is 0 Å². The van der Waals surface area contributed by atoms with Crippen LogP contribution in [0.25, 0.3) is 6.08 Å². The fourth-order valence-electron chi connectivity index (χ4n) is 2.06. The molecule has 20 heavy (non-hydrogen) atoms. The van der Waals surface area contributed by atoms with Gasteiger partial charge in [-0.15, -0.1) is 0 Å². The van der Waals surface area contributed by atoms with Crippen LogP contribution in [0.15, 0.2) is 23.8 Å². The summed E-state index contributed by atoms with van der Waals surface area (Å²) in [4.78, 5) is 23.2. The number of fused-ring (bicyclic) bond motifs is 1. The SMILES string of the molecule is COC(=O)CC1Nc2cc(O)ccc2C=C1C(=O)OC. The topological polar surface area (TPSA) is 84.9 Å². The molecule has 0 aliphatic carbocycles. The number of ether oxygens (including phenoxy) is 2. The molecule has 1 atom stereocenters. The smallest absolute Gasteiger partial charge is 0.335 e. The Bertz CT molecular complexity index is 579. The zero-order valence-corrected chi connectivity index (χ0v) is 11.2. The molecule has 1 aliphatic heterocycles. The van der Waals surface area contributed by atoms with Gasteiger partial charge in [0.05, 0.1) is 32.3 Å². The van der Waals surface area contributed by atoms with E-state index in [4.69, 9.17) is 4.74 Å². The van der Waals surface area contributed by atoms with E-state index in [-0.39, 0.29) is 12.2 Å². The van der Waals surface area contributed by atoms with E-state index in [0.29, 0.717) is 11.3 Å². The van der Waals surface area contributed by atoms with Crippen LogP contribution in [-0.4, -0.2) is 37.3 Å². The maximum atomic E-state index is 11.8. The molecular weight excluding hydrogens is 262 g/mol. The van der Waals surface area contributed by atoms with Crippen LogP contribution in [-0.2, 0) is 19.1 Å². The highest BCUT2D eigenvalue weighted by molar-refractivity contribution is 5.99. The second-order valence-corrected chi connectivity index (χ2v) is 4.34. The van der Waals surface area contributed by atoms with Gasteiger partial charge in [0.2, 0.25) is 0 Å². The number of hydrogen-bond donors (Lipinski definition) is 2. The lowest BCUT2D eigenvalue weighted by molar-refractivity contribution is -0.140. The second-order valence-electron chi connectivity index (χ2n) is 4.34. The first kappa shape index (κ1) is 13.9. The maximum absolute atomic E-state index is 11.8. The van der Waals surface area contributed by atoms with E-state index in [1.807, 2.05) is 0 Å². The number of hydrogen-bond acceptors (Lipinski definition) is 6. The van der Waals surface area contributed by atoms with Crippen molar-refractivity contribution in [2.75, 3.05) is 19.5 Å². The fourth-order valence-corrected chi connectivity index (χ4v) is 2.06. The highest BCUT2D eigenvalue weighted by Gasteiger charge is 2.28. The summed E-state index contributed by atoms with van der Waals surface area (Å²) in [6.07, 6.45) is 1.64. The van der Waals surface area contributed by atoms with E-state index in [0.717, 1.165) is 5.56 Å². The van der Waals surface area contributed by atoms with Gasteiger partial charge in [0.1, 0.15) is 5.75 Å². The van der Waals surface area contributed by atoms with E-state index in [1.165, 1.54) is 26.4 Å². The molecule has 2 N–H and O–H groups in total. The number of aromatic hydroxyl groups is 1. The molecule has 6 nitrogen and oxygen atoms in total. The number of carbonyl (C=O) groups is 2. The Balaban J connectivity index is 2.38. The van der Waals surface area contributed by atoms with Gasteiger partial charge in [-0.05, 0) is 23.8 Å². The molecule has 0 spiro atoms. The Morgan fingerprint density at radius 2 is 2.05 bits per heavy atom. The Morgan fingerprint density at radius 1 is 1.30 bits per heavy atom. The number of esters is 2. The molecular formula is C14H15NO5. The molecule has 1 aliphatic rings. The summed E-state index contributed by atoms with van der Waals surface area (Å²) in [5.41, 5.74) is 1.73. The van der Waals surface area contributed by atoms with Crippen LogP contribution in [0.5, 0.6) is 5.75 Å². The number of anilines is 1. The van der Waals surface area contributed by atoms with E-state index in [1.54, 1.807) is 12.1 Å². The van der Waals surface area contributed by atoms with E-state index in [2.05, 4.69) is 10.1 Å². The zero-order chi connectivity index (χ0) is 14.7. The number of nitrogens with one attached hydrogen (secondary N) is 1. The van der Waals surface area contributed by atoms with Gasteiger partial charge in [0, 0.05) is 11.8 Å². The average molecular weight is 277 g/mol. The highest BCUT2D eigenvalue weighted by atomic mass is 16.5. The second kappa shape index (κ2) is 5.64. The van der Waals surface area contributed by atoms with Gasteiger partial charge in [-0.1, -0.05) is 0 Å². The molecule has 2 rings (SSSR count). The van der Waals surface area contributed by atoms with Crippen LogP contribution in [0.2, 0.25) is 0 Å². The summed E-state index contributed by atoms with van der Waals surface area (Å²) in [7, 11) is 2.57. The minimum absolute atomic E-state index is 0.00741. The van der Waals surface area contributed by atoms with Gasteiger partial charge in [0.25, 0.3) is 0 Å². The molecule has 0 fully saturated rings. The third-order valence-corrected chi connectivity index (χ3v) is 3.07. The standard InChI is InChI=1S/C14H15NO5/c1-19-13(17)7-12-10(14(18)20-2)5-8-3-4-9(16)6-11(8)15-12/h3-6,12,15-16H,7H2,1-2H3. The highest BCUT2D eigenvalue weighted by Crippen LogP contribution is 2.31. The first-order chi connectivity index (χ1) is 9.55. The Kier molecular flexibility index (Phi) is 3.93. The van der Waals surface area contributed by atoms with Crippen molar-refractivity contribution < 1.29 is 24.2 Å². The minimum atomic E-state index is -0.552. The van der Waals surface area contributed by atoms with Crippen LogP contribution < -0.4 is 5.32 Å². The first-order valence-corrected chi connectivity index (χ1v) is 6.01. The molecule has 0 saturated heterocycles. The van der Waals surface area contributed by atoms with Crippen molar-refractivity contribution in [3.8, 4) is 5.75 Å².